The minimum atomic E-state index is -0.529. The number of anilines is 1. The summed E-state index contributed by atoms with van der Waals surface area (Å²) in [6.07, 6.45) is -0.395. The number of nitrogens with one attached hydrogen (secondary N) is 1. The molecule has 2 N–H and O–H groups in total. The summed E-state index contributed by atoms with van der Waals surface area (Å²) in [7, 11) is 0. The van der Waals surface area contributed by atoms with Crippen LogP contribution in [0.3, 0.4) is 0 Å². The lowest BCUT2D eigenvalue weighted by Crippen LogP contribution is -2.26. The molecule has 1 aromatic carbocycles. The molecule has 1 aromatic rings. The van der Waals surface area contributed by atoms with Crippen LogP contribution in [-0.2, 0) is 4.74 Å². The molecule has 0 aliphatic heterocycles. The van der Waals surface area contributed by atoms with Crippen LogP contribution in [0.15, 0.2) is 24.3 Å². The van der Waals surface area contributed by atoms with Crippen LogP contribution < -0.4 is 5.32 Å². The van der Waals surface area contributed by atoms with Crippen LogP contribution in [-0.4, -0.2) is 30.5 Å². The summed E-state index contributed by atoms with van der Waals surface area (Å²) < 4.78 is 5.30. The van der Waals surface area contributed by atoms with E-state index < -0.39 is 6.10 Å². The number of hydrogen-bond donors (Lipinski definition) is 2. The van der Waals surface area contributed by atoms with Gasteiger partial charge in [0.1, 0.15) is 0 Å². The Kier molecular flexibility index (Phi) is 5.60. The average molecular weight is 244 g/mol. The van der Waals surface area contributed by atoms with Gasteiger partial charge in [-0.05, 0) is 26.0 Å². The third-order valence-electron chi connectivity index (χ3n) is 2.02. The zero-order valence-electron chi connectivity index (χ0n) is 9.61. The van der Waals surface area contributed by atoms with E-state index in [0.717, 1.165) is 5.69 Å². The molecule has 0 bridgehead atoms. The van der Waals surface area contributed by atoms with E-state index in [9.17, 15) is 5.11 Å². The smallest absolute Gasteiger partial charge is 0.0945 e. The van der Waals surface area contributed by atoms with Crippen molar-refractivity contribution in [2.24, 2.45) is 0 Å². The van der Waals surface area contributed by atoms with E-state index in [4.69, 9.17) is 16.3 Å². The maximum absolute atomic E-state index is 9.62. The van der Waals surface area contributed by atoms with Crippen molar-refractivity contribution in [3.63, 3.8) is 0 Å². The third kappa shape index (κ3) is 4.84. The van der Waals surface area contributed by atoms with Crippen molar-refractivity contribution in [1.82, 2.24) is 0 Å². The van der Waals surface area contributed by atoms with Crippen molar-refractivity contribution in [2.75, 3.05) is 18.5 Å². The topological polar surface area (TPSA) is 41.5 Å². The lowest BCUT2D eigenvalue weighted by atomic mass is 10.3. The van der Waals surface area contributed by atoms with E-state index in [1.54, 1.807) is 6.07 Å². The van der Waals surface area contributed by atoms with Gasteiger partial charge in [-0.25, -0.2) is 0 Å². The molecule has 0 amide bonds. The summed E-state index contributed by atoms with van der Waals surface area (Å²) in [5.41, 5.74) is 0.827. The number of para-hydroxylation sites is 1. The second kappa shape index (κ2) is 6.74. The highest BCUT2D eigenvalue weighted by atomic mass is 35.5. The third-order valence-corrected chi connectivity index (χ3v) is 2.35. The first-order valence-electron chi connectivity index (χ1n) is 5.37. The van der Waals surface area contributed by atoms with Crippen LogP contribution in [0.1, 0.15) is 13.8 Å². The molecule has 0 saturated carbocycles. The van der Waals surface area contributed by atoms with Crippen LogP contribution in [0.4, 0.5) is 5.69 Å². The summed E-state index contributed by atoms with van der Waals surface area (Å²) in [6, 6.07) is 7.44. The van der Waals surface area contributed by atoms with Crippen molar-refractivity contribution in [3.8, 4) is 0 Å². The zero-order valence-corrected chi connectivity index (χ0v) is 10.4. The molecular formula is C12H18ClNO2. The van der Waals surface area contributed by atoms with Gasteiger partial charge in [-0.3, -0.25) is 0 Å². The first kappa shape index (κ1) is 13.3. The Balaban J connectivity index is 2.31. The number of aliphatic hydroxyl groups excluding tert-OH is 1. The summed E-state index contributed by atoms with van der Waals surface area (Å²) in [5.74, 6) is 0. The maximum Gasteiger partial charge on any atom is 0.0945 e. The van der Waals surface area contributed by atoms with E-state index in [1.807, 2.05) is 32.0 Å². The fraction of sp³-hybridized carbons (Fsp3) is 0.500. The van der Waals surface area contributed by atoms with E-state index in [0.29, 0.717) is 18.2 Å². The van der Waals surface area contributed by atoms with Gasteiger partial charge in [0.25, 0.3) is 0 Å². The predicted molar refractivity (Wildman–Crippen MR) is 67.0 cm³/mol. The number of ether oxygens (including phenoxy) is 1. The summed E-state index contributed by atoms with van der Waals surface area (Å²) >= 11 is 5.96. The minimum absolute atomic E-state index is 0.134. The van der Waals surface area contributed by atoms with Gasteiger partial charge in [-0.1, -0.05) is 23.7 Å². The van der Waals surface area contributed by atoms with E-state index in [1.165, 1.54) is 0 Å². The lowest BCUT2D eigenvalue weighted by Gasteiger charge is -2.15. The maximum atomic E-state index is 9.62. The van der Waals surface area contributed by atoms with E-state index in [2.05, 4.69) is 5.32 Å². The van der Waals surface area contributed by atoms with Gasteiger partial charge < -0.3 is 15.2 Å². The van der Waals surface area contributed by atoms with Gasteiger partial charge in [0.2, 0.25) is 0 Å². The highest BCUT2D eigenvalue weighted by molar-refractivity contribution is 6.33. The highest BCUT2D eigenvalue weighted by Gasteiger charge is 2.06. The normalized spacial score (nSPS) is 12.8. The first-order chi connectivity index (χ1) is 7.59. The molecule has 0 aliphatic carbocycles. The Morgan fingerprint density at radius 2 is 2.06 bits per heavy atom. The van der Waals surface area contributed by atoms with Gasteiger partial charge in [0.05, 0.1) is 29.5 Å². The van der Waals surface area contributed by atoms with Gasteiger partial charge >= 0.3 is 0 Å². The lowest BCUT2D eigenvalue weighted by molar-refractivity contribution is 0.0112. The molecule has 3 nitrogen and oxygen atoms in total. The summed E-state index contributed by atoms with van der Waals surface area (Å²) in [4.78, 5) is 0. The molecule has 16 heavy (non-hydrogen) atoms. The number of hydrogen-bond acceptors (Lipinski definition) is 3. The van der Waals surface area contributed by atoms with Crippen LogP contribution >= 0.6 is 11.6 Å². The Labute approximate surface area is 101 Å². The van der Waals surface area contributed by atoms with Crippen molar-refractivity contribution >= 4 is 17.3 Å². The Morgan fingerprint density at radius 3 is 2.69 bits per heavy atom. The number of rotatable bonds is 6. The molecule has 0 spiro atoms. The van der Waals surface area contributed by atoms with Gasteiger partial charge in [0.15, 0.2) is 0 Å². The molecule has 0 heterocycles. The van der Waals surface area contributed by atoms with Crippen molar-refractivity contribution in [1.29, 1.82) is 0 Å². The number of benzene rings is 1. The molecule has 0 radical (unpaired) electrons. The molecule has 1 unspecified atom stereocenters. The molecule has 1 atom stereocenters. The number of halogens is 1. The Hall–Kier alpha value is -0.770. The molecule has 0 aromatic heterocycles. The van der Waals surface area contributed by atoms with E-state index in [-0.39, 0.29) is 6.10 Å². The summed E-state index contributed by atoms with van der Waals surface area (Å²) in [5, 5.41) is 13.3. The van der Waals surface area contributed by atoms with Crippen LogP contribution in [0.25, 0.3) is 0 Å². The quantitative estimate of drug-likeness (QED) is 0.807. The van der Waals surface area contributed by atoms with E-state index >= 15 is 0 Å². The zero-order chi connectivity index (χ0) is 12.0. The fourth-order valence-electron chi connectivity index (χ4n) is 1.19. The Morgan fingerprint density at radius 1 is 1.38 bits per heavy atom. The van der Waals surface area contributed by atoms with Crippen LogP contribution in [0.5, 0.6) is 0 Å². The highest BCUT2D eigenvalue weighted by Crippen LogP contribution is 2.20. The monoisotopic (exact) mass is 243 g/mol. The second-order valence-electron chi connectivity index (χ2n) is 3.90. The van der Waals surface area contributed by atoms with Crippen molar-refractivity contribution in [2.45, 2.75) is 26.1 Å². The minimum Gasteiger partial charge on any atom is -0.389 e. The molecule has 1 rings (SSSR count). The van der Waals surface area contributed by atoms with Gasteiger partial charge in [-0.2, -0.15) is 0 Å². The van der Waals surface area contributed by atoms with Crippen LogP contribution in [0.2, 0.25) is 5.02 Å². The van der Waals surface area contributed by atoms with Crippen molar-refractivity contribution < 1.29 is 9.84 Å². The van der Waals surface area contributed by atoms with Gasteiger partial charge in [0, 0.05) is 6.54 Å². The number of aliphatic hydroxyl groups is 1. The van der Waals surface area contributed by atoms with Crippen molar-refractivity contribution in [3.05, 3.63) is 29.3 Å². The average Bonchev–Trinajstić information content (AvgIpc) is 2.25. The molecule has 0 aliphatic rings. The Bertz CT molecular complexity index is 318. The second-order valence-corrected chi connectivity index (χ2v) is 4.30. The summed E-state index contributed by atoms with van der Waals surface area (Å²) in [6.45, 7) is 4.63. The fourth-order valence-corrected chi connectivity index (χ4v) is 1.40. The SMILES string of the molecule is CC(C)OCC(O)CNc1ccccc1Cl. The molecule has 4 heteroatoms. The molecule has 90 valence electrons. The molecule has 0 saturated heterocycles. The first-order valence-corrected chi connectivity index (χ1v) is 5.75. The predicted octanol–water partition coefficient (Wildman–Crippen LogP) is 2.54. The molecule has 0 fully saturated rings. The van der Waals surface area contributed by atoms with Crippen LogP contribution in [0, 0.1) is 0 Å². The standard InChI is InChI=1S/C12H18ClNO2/c1-9(2)16-8-10(15)7-14-12-6-4-3-5-11(12)13/h3-6,9-10,14-15H,7-8H2,1-2H3. The molecular weight excluding hydrogens is 226 g/mol. The van der Waals surface area contributed by atoms with Gasteiger partial charge in [-0.15, -0.1) is 0 Å². The largest absolute Gasteiger partial charge is 0.389 e.